The standard InChI is InChI=1S/C14H26O2S2/c1-9-12(18-7-6-17-9)11(15)10-8-13(2,3)16-14(10,4)5/h9-12,15H,6-8H2,1-5H3. The van der Waals surface area contributed by atoms with E-state index < -0.39 is 0 Å². The number of thioether (sulfide) groups is 2. The Labute approximate surface area is 120 Å². The summed E-state index contributed by atoms with van der Waals surface area (Å²) in [6.45, 7) is 10.8. The third-order valence-corrected chi connectivity index (χ3v) is 7.33. The first-order valence-electron chi connectivity index (χ1n) is 6.84. The number of aliphatic hydroxyl groups is 1. The van der Waals surface area contributed by atoms with Gasteiger partial charge in [0.25, 0.3) is 0 Å². The summed E-state index contributed by atoms with van der Waals surface area (Å²) in [6, 6.07) is 0. The lowest BCUT2D eigenvalue weighted by molar-refractivity contribution is -0.0874. The summed E-state index contributed by atoms with van der Waals surface area (Å²) in [5, 5.41) is 11.7. The van der Waals surface area contributed by atoms with E-state index in [4.69, 9.17) is 4.74 Å². The number of hydrogen-bond acceptors (Lipinski definition) is 4. The molecule has 0 saturated carbocycles. The molecule has 1 N–H and O–H groups in total. The van der Waals surface area contributed by atoms with Gasteiger partial charge in [0.2, 0.25) is 0 Å². The van der Waals surface area contributed by atoms with Crippen LogP contribution in [0, 0.1) is 5.92 Å². The second-order valence-corrected chi connectivity index (χ2v) is 9.45. The Balaban J connectivity index is 2.10. The van der Waals surface area contributed by atoms with Crippen molar-refractivity contribution in [1.82, 2.24) is 0 Å². The van der Waals surface area contributed by atoms with E-state index in [9.17, 15) is 5.11 Å². The van der Waals surface area contributed by atoms with Crippen molar-refractivity contribution in [1.29, 1.82) is 0 Å². The molecule has 106 valence electrons. The van der Waals surface area contributed by atoms with Gasteiger partial charge in [-0.3, -0.25) is 0 Å². The lowest BCUT2D eigenvalue weighted by Gasteiger charge is -2.38. The summed E-state index contributed by atoms with van der Waals surface area (Å²) in [6.07, 6.45) is 0.699. The summed E-state index contributed by atoms with van der Waals surface area (Å²) in [5.74, 6) is 2.62. The van der Waals surface area contributed by atoms with Crippen molar-refractivity contribution in [3.05, 3.63) is 0 Å². The molecule has 2 aliphatic rings. The van der Waals surface area contributed by atoms with Crippen LogP contribution in [0.2, 0.25) is 0 Å². The van der Waals surface area contributed by atoms with Crippen LogP contribution >= 0.6 is 23.5 Å². The molecule has 0 aromatic rings. The van der Waals surface area contributed by atoms with Gasteiger partial charge in [0.15, 0.2) is 0 Å². The van der Waals surface area contributed by atoms with Gasteiger partial charge >= 0.3 is 0 Å². The minimum Gasteiger partial charge on any atom is -0.392 e. The molecule has 2 aliphatic heterocycles. The quantitative estimate of drug-likeness (QED) is 0.846. The van der Waals surface area contributed by atoms with Crippen LogP contribution in [0.25, 0.3) is 0 Å². The minimum atomic E-state index is -0.255. The molecule has 18 heavy (non-hydrogen) atoms. The van der Waals surface area contributed by atoms with Gasteiger partial charge in [-0.15, -0.1) is 0 Å². The van der Waals surface area contributed by atoms with E-state index in [0.29, 0.717) is 10.5 Å². The average molecular weight is 290 g/mol. The van der Waals surface area contributed by atoms with Crippen molar-refractivity contribution >= 4 is 23.5 Å². The average Bonchev–Trinajstić information content (AvgIpc) is 2.46. The molecule has 0 amide bonds. The lowest BCUT2D eigenvalue weighted by atomic mass is 9.81. The zero-order valence-corrected chi connectivity index (χ0v) is 13.7. The van der Waals surface area contributed by atoms with Crippen LogP contribution in [0.5, 0.6) is 0 Å². The van der Waals surface area contributed by atoms with Gasteiger partial charge in [0, 0.05) is 27.9 Å². The Morgan fingerprint density at radius 2 is 1.78 bits per heavy atom. The fraction of sp³-hybridized carbons (Fsp3) is 1.00. The van der Waals surface area contributed by atoms with Crippen molar-refractivity contribution in [3.63, 3.8) is 0 Å². The summed E-state index contributed by atoms with van der Waals surface area (Å²) in [7, 11) is 0. The fourth-order valence-corrected chi connectivity index (χ4v) is 6.28. The molecule has 4 heteroatoms. The first-order valence-corrected chi connectivity index (χ1v) is 8.94. The predicted molar refractivity (Wildman–Crippen MR) is 81.5 cm³/mol. The van der Waals surface area contributed by atoms with Gasteiger partial charge in [0.05, 0.1) is 17.3 Å². The largest absolute Gasteiger partial charge is 0.392 e. The number of ether oxygens (including phenoxy) is 1. The lowest BCUT2D eigenvalue weighted by Crippen LogP contribution is -2.45. The van der Waals surface area contributed by atoms with Crippen LogP contribution in [0.1, 0.15) is 41.0 Å². The Bertz CT molecular complexity index is 304. The summed E-state index contributed by atoms with van der Waals surface area (Å²) in [5.41, 5.74) is -0.323. The third kappa shape index (κ3) is 3.02. The molecule has 0 bridgehead atoms. The zero-order valence-electron chi connectivity index (χ0n) is 12.1. The van der Waals surface area contributed by atoms with E-state index in [0.717, 1.165) is 12.2 Å². The summed E-state index contributed by atoms with van der Waals surface area (Å²) in [4.78, 5) is 0. The van der Waals surface area contributed by atoms with Crippen LogP contribution in [-0.2, 0) is 4.74 Å². The fourth-order valence-electron chi connectivity index (χ4n) is 3.39. The number of aliphatic hydroxyl groups excluding tert-OH is 1. The Morgan fingerprint density at radius 3 is 2.28 bits per heavy atom. The van der Waals surface area contributed by atoms with Crippen LogP contribution in [-0.4, -0.2) is 44.4 Å². The van der Waals surface area contributed by atoms with Gasteiger partial charge in [-0.05, 0) is 34.1 Å². The van der Waals surface area contributed by atoms with E-state index >= 15 is 0 Å². The highest BCUT2D eigenvalue weighted by molar-refractivity contribution is 8.07. The maximum Gasteiger partial charge on any atom is 0.0725 e. The molecule has 2 nitrogen and oxygen atoms in total. The van der Waals surface area contributed by atoms with Crippen molar-refractivity contribution in [2.75, 3.05) is 11.5 Å². The summed E-state index contributed by atoms with van der Waals surface area (Å²) < 4.78 is 6.12. The molecule has 0 aromatic heterocycles. The Kier molecular flexibility index (Phi) is 4.33. The van der Waals surface area contributed by atoms with Gasteiger partial charge in [-0.2, -0.15) is 23.5 Å². The topological polar surface area (TPSA) is 29.5 Å². The van der Waals surface area contributed by atoms with Crippen molar-refractivity contribution < 1.29 is 9.84 Å². The van der Waals surface area contributed by atoms with E-state index in [1.165, 1.54) is 5.75 Å². The second kappa shape index (κ2) is 5.19. The summed E-state index contributed by atoms with van der Waals surface area (Å²) >= 11 is 3.93. The monoisotopic (exact) mass is 290 g/mol. The molecule has 4 unspecified atom stereocenters. The highest BCUT2D eigenvalue weighted by Crippen LogP contribution is 2.47. The van der Waals surface area contributed by atoms with Gasteiger partial charge in [-0.25, -0.2) is 0 Å². The second-order valence-electron chi connectivity index (χ2n) is 6.68. The van der Waals surface area contributed by atoms with Gasteiger partial charge < -0.3 is 9.84 Å². The molecule has 4 atom stereocenters. The normalized spacial score (nSPS) is 40.7. The van der Waals surface area contributed by atoms with Crippen molar-refractivity contribution in [3.8, 4) is 0 Å². The smallest absolute Gasteiger partial charge is 0.0725 e. The molecule has 0 radical (unpaired) electrons. The predicted octanol–water partition coefficient (Wildman–Crippen LogP) is 3.18. The molecule has 0 aromatic carbocycles. The molecule has 2 fully saturated rings. The maximum absolute atomic E-state index is 10.8. The maximum atomic E-state index is 10.8. The highest BCUT2D eigenvalue weighted by Gasteiger charge is 2.51. The van der Waals surface area contributed by atoms with Crippen LogP contribution in [0.4, 0.5) is 0 Å². The zero-order chi connectivity index (χ0) is 13.6. The minimum absolute atomic E-state index is 0.106. The highest BCUT2D eigenvalue weighted by atomic mass is 32.2. The molecule has 2 heterocycles. The van der Waals surface area contributed by atoms with Gasteiger partial charge in [-0.1, -0.05) is 6.92 Å². The number of rotatable bonds is 2. The number of hydrogen-bond donors (Lipinski definition) is 1. The van der Waals surface area contributed by atoms with E-state index in [2.05, 4.69) is 34.6 Å². The molecule has 0 aliphatic carbocycles. The van der Waals surface area contributed by atoms with Crippen LogP contribution in [0.3, 0.4) is 0 Å². The van der Waals surface area contributed by atoms with Gasteiger partial charge in [0.1, 0.15) is 0 Å². The molecule has 2 rings (SSSR count). The van der Waals surface area contributed by atoms with Crippen molar-refractivity contribution in [2.24, 2.45) is 5.92 Å². The van der Waals surface area contributed by atoms with Crippen LogP contribution in [0.15, 0.2) is 0 Å². The SMILES string of the molecule is CC1SCCSC1C(O)C1CC(C)(C)OC1(C)C. The third-order valence-electron chi connectivity index (χ3n) is 4.13. The van der Waals surface area contributed by atoms with E-state index in [-0.39, 0.29) is 23.2 Å². The Hall–Kier alpha value is 0.620. The molecule has 2 saturated heterocycles. The van der Waals surface area contributed by atoms with E-state index in [1.807, 2.05) is 23.5 Å². The molecule has 0 spiro atoms. The molecular formula is C14H26O2S2. The van der Waals surface area contributed by atoms with Crippen molar-refractivity contribution in [2.45, 2.75) is 68.8 Å². The Morgan fingerprint density at radius 1 is 1.17 bits per heavy atom. The van der Waals surface area contributed by atoms with E-state index in [1.54, 1.807) is 0 Å². The molecular weight excluding hydrogens is 264 g/mol. The van der Waals surface area contributed by atoms with Crippen LogP contribution < -0.4 is 0 Å². The first-order chi connectivity index (χ1) is 8.23. The first kappa shape index (κ1) is 15.0.